The van der Waals surface area contributed by atoms with E-state index in [1.54, 1.807) is 11.0 Å². The maximum Gasteiger partial charge on any atom is 0.312 e. The standard InChI is InChI=1S/C17H27N5O3/c1-17(2,21-6-8-25-9-7-21)10-13(11-18)15(23)22-5-3-4-14(22)12-20-16(19)24/h10,14H,3-9,12H2,1-2H3,(H3,19,20,24)/t14-/m1/s1. The molecular formula is C17H27N5O3. The van der Waals surface area contributed by atoms with Gasteiger partial charge >= 0.3 is 6.03 Å². The summed E-state index contributed by atoms with van der Waals surface area (Å²) < 4.78 is 5.37. The highest BCUT2D eigenvalue weighted by Crippen LogP contribution is 2.23. The van der Waals surface area contributed by atoms with Crippen molar-refractivity contribution in [2.24, 2.45) is 5.73 Å². The van der Waals surface area contributed by atoms with Crippen molar-refractivity contribution in [1.29, 1.82) is 5.26 Å². The normalized spacial score (nSPS) is 22.5. The Morgan fingerprint density at radius 3 is 2.64 bits per heavy atom. The number of nitrogens with zero attached hydrogens (tertiary/aromatic N) is 3. The molecule has 3 amide bonds. The number of urea groups is 1. The van der Waals surface area contributed by atoms with Crippen LogP contribution in [0.5, 0.6) is 0 Å². The van der Waals surface area contributed by atoms with Gasteiger partial charge in [-0.2, -0.15) is 5.26 Å². The molecule has 25 heavy (non-hydrogen) atoms. The van der Waals surface area contributed by atoms with Crippen molar-refractivity contribution in [3.8, 4) is 6.07 Å². The van der Waals surface area contributed by atoms with Gasteiger partial charge in [0.25, 0.3) is 5.91 Å². The molecule has 0 unspecified atom stereocenters. The van der Waals surface area contributed by atoms with Gasteiger partial charge in [-0.1, -0.05) is 0 Å². The lowest BCUT2D eigenvalue weighted by molar-refractivity contribution is -0.127. The highest BCUT2D eigenvalue weighted by Gasteiger charge is 2.33. The Balaban J connectivity index is 2.11. The molecule has 138 valence electrons. The van der Waals surface area contributed by atoms with Crippen LogP contribution in [0.4, 0.5) is 4.79 Å². The van der Waals surface area contributed by atoms with E-state index in [0.717, 1.165) is 25.9 Å². The van der Waals surface area contributed by atoms with Crippen LogP contribution in [0.3, 0.4) is 0 Å². The van der Waals surface area contributed by atoms with Crippen LogP contribution in [-0.2, 0) is 9.53 Å². The minimum atomic E-state index is -0.608. The molecule has 0 aromatic heterocycles. The Morgan fingerprint density at radius 1 is 1.36 bits per heavy atom. The van der Waals surface area contributed by atoms with Crippen molar-refractivity contribution in [2.45, 2.75) is 38.3 Å². The lowest BCUT2D eigenvalue weighted by Crippen LogP contribution is -2.49. The minimum Gasteiger partial charge on any atom is -0.379 e. The van der Waals surface area contributed by atoms with Gasteiger partial charge in [-0.15, -0.1) is 0 Å². The Bertz CT molecular complexity index is 575. The number of ether oxygens (including phenoxy) is 1. The number of rotatable bonds is 5. The number of carbonyl (C=O) groups is 2. The van der Waals surface area contributed by atoms with E-state index >= 15 is 0 Å². The molecule has 0 bridgehead atoms. The summed E-state index contributed by atoms with van der Waals surface area (Å²) in [4.78, 5) is 27.6. The first-order chi connectivity index (χ1) is 11.8. The molecule has 2 aliphatic rings. The summed E-state index contributed by atoms with van der Waals surface area (Å²) in [5.74, 6) is -0.280. The molecule has 2 aliphatic heterocycles. The highest BCUT2D eigenvalue weighted by atomic mass is 16.5. The molecule has 2 fully saturated rings. The first-order valence-corrected chi connectivity index (χ1v) is 8.65. The maximum absolute atomic E-state index is 12.8. The molecule has 1 atom stereocenters. The van der Waals surface area contributed by atoms with Crippen LogP contribution in [-0.4, -0.2) is 72.7 Å². The first kappa shape index (κ1) is 19.2. The summed E-state index contributed by atoms with van der Waals surface area (Å²) in [6.07, 6.45) is 3.39. The molecule has 3 N–H and O–H groups in total. The van der Waals surface area contributed by atoms with E-state index in [0.29, 0.717) is 26.3 Å². The summed E-state index contributed by atoms with van der Waals surface area (Å²) in [6.45, 7) is 7.74. The third-order valence-electron chi connectivity index (χ3n) is 4.82. The number of primary amides is 1. The van der Waals surface area contributed by atoms with Crippen LogP contribution < -0.4 is 11.1 Å². The van der Waals surface area contributed by atoms with Crippen LogP contribution in [0.2, 0.25) is 0 Å². The van der Waals surface area contributed by atoms with Crippen molar-refractivity contribution >= 4 is 11.9 Å². The second-order valence-electron chi connectivity index (χ2n) is 6.96. The fourth-order valence-corrected chi connectivity index (χ4v) is 3.41. The van der Waals surface area contributed by atoms with Crippen molar-refractivity contribution < 1.29 is 14.3 Å². The summed E-state index contributed by atoms with van der Waals surface area (Å²) >= 11 is 0. The molecule has 0 radical (unpaired) electrons. The van der Waals surface area contributed by atoms with Gasteiger partial charge < -0.3 is 20.7 Å². The average Bonchev–Trinajstić information content (AvgIpc) is 3.06. The SMILES string of the molecule is CC(C)(C=C(C#N)C(=O)N1CCC[C@@H]1CNC(N)=O)N1CCOCC1. The third-order valence-corrected chi connectivity index (χ3v) is 4.82. The number of nitriles is 1. The van der Waals surface area contributed by atoms with Gasteiger partial charge in [0.05, 0.1) is 13.2 Å². The van der Waals surface area contributed by atoms with Crippen molar-refractivity contribution in [3.05, 3.63) is 11.6 Å². The van der Waals surface area contributed by atoms with E-state index in [9.17, 15) is 14.9 Å². The second-order valence-corrected chi connectivity index (χ2v) is 6.96. The lowest BCUT2D eigenvalue weighted by atomic mass is 9.97. The third kappa shape index (κ3) is 4.94. The molecule has 8 nitrogen and oxygen atoms in total. The van der Waals surface area contributed by atoms with Gasteiger partial charge in [0.15, 0.2) is 0 Å². The fourth-order valence-electron chi connectivity index (χ4n) is 3.41. The smallest absolute Gasteiger partial charge is 0.312 e. The van der Waals surface area contributed by atoms with E-state index in [1.165, 1.54) is 0 Å². The average molecular weight is 349 g/mol. The zero-order valence-corrected chi connectivity index (χ0v) is 15.0. The Hall–Kier alpha value is -2.11. The molecule has 0 aliphatic carbocycles. The van der Waals surface area contributed by atoms with E-state index < -0.39 is 11.6 Å². The molecule has 2 heterocycles. The number of amides is 3. The largest absolute Gasteiger partial charge is 0.379 e. The molecule has 8 heteroatoms. The van der Waals surface area contributed by atoms with Crippen LogP contribution in [0.25, 0.3) is 0 Å². The van der Waals surface area contributed by atoms with E-state index in [4.69, 9.17) is 10.5 Å². The molecule has 0 aromatic carbocycles. The predicted octanol–water partition coefficient (Wildman–Crippen LogP) is 0.206. The van der Waals surface area contributed by atoms with Crippen molar-refractivity contribution in [3.63, 3.8) is 0 Å². The second kappa shape index (κ2) is 8.32. The van der Waals surface area contributed by atoms with Crippen LogP contribution in [0.1, 0.15) is 26.7 Å². The number of nitrogens with one attached hydrogen (secondary N) is 1. The Morgan fingerprint density at radius 2 is 2.04 bits per heavy atom. The Labute approximate surface area is 148 Å². The van der Waals surface area contributed by atoms with E-state index in [1.807, 2.05) is 13.8 Å². The molecular weight excluding hydrogens is 322 g/mol. The zero-order valence-electron chi connectivity index (χ0n) is 15.0. The molecule has 0 saturated carbocycles. The minimum absolute atomic E-state index is 0.122. The van der Waals surface area contributed by atoms with Gasteiger partial charge in [0.1, 0.15) is 11.6 Å². The van der Waals surface area contributed by atoms with Gasteiger partial charge in [-0.25, -0.2) is 4.79 Å². The lowest BCUT2D eigenvalue weighted by Gasteiger charge is -2.39. The molecule has 2 rings (SSSR count). The summed E-state index contributed by atoms with van der Waals surface area (Å²) in [7, 11) is 0. The molecule has 0 spiro atoms. The number of nitrogens with two attached hydrogens (primary N) is 1. The monoisotopic (exact) mass is 349 g/mol. The number of morpholine rings is 1. The number of carbonyl (C=O) groups excluding carboxylic acids is 2. The van der Waals surface area contributed by atoms with Gasteiger partial charge in [0.2, 0.25) is 0 Å². The fraction of sp³-hybridized carbons (Fsp3) is 0.706. The topological polar surface area (TPSA) is 112 Å². The van der Waals surface area contributed by atoms with Gasteiger partial charge in [-0.05, 0) is 32.8 Å². The maximum atomic E-state index is 12.8. The molecule has 2 saturated heterocycles. The summed E-state index contributed by atoms with van der Waals surface area (Å²) in [5, 5.41) is 12.1. The van der Waals surface area contributed by atoms with Crippen LogP contribution in [0.15, 0.2) is 11.6 Å². The van der Waals surface area contributed by atoms with E-state index in [2.05, 4.69) is 16.3 Å². The quantitative estimate of drug-likeness (QED) is 0.544. The van der Waals surface area contributed by atoms with Gasteiger partial charge in [0, 0.05) is 37.8 Å². The summed E-state index contributed by atoms with van der Waals surface area (Å²) in [5.41, 5.74) is 4.84. The van der Waals surface area contributed by atoms with Crippen LogP contribution in [0, 0.1) is 11.3 Å². The van der Waals surface area contributed by atoms with E-state index in [-0.39, 0.29) is 17.5 Å². The highest BCUT2D eigenvalue weighted by molar-refractivity contribution is 5.97. The predicted molar refractivity (Wildman–Crippen MR) is 92.5 cm³/mol. The number of likely N-dealkylation sites (tertiary alicyclic amines) is 1. The van der Waals surface area contributed by atoms with Crippen molar-refractivity contribution in [1.82, 2.24) is 15.1 Å². The molecule has 0 aromatic rings. The zero-order chi connectivity index (χ0) is 18.4. The number of hydrogen-bond donors (Lipinski definition) is 2. The summed E-state index contributed by atoms with van der Waals surface area (Å²) in [6, 6.07) is 1.33. The van der Waals surface area contributed by atoms with Gasteiger partial charge in [-0.3, -0.25) is 9.69 Å². The van der Waals surface area contributed by atoms with Crippen molar-refractivity contribution in [2.75, 3.05) is 39.4 Å². The Kier molecular flexibility index (Phi) is 6.39. The number of hydrogen-bond acceptors (Lipinski definition) is 5. The first-order valence-electron chi connectivity index (χ1n) is 8.65. The van der Waals surface area contributed by atoms with Crippen LogP contribution >= 0.6 is 0 Å².